The molecule has 0 aromatic rings. The van der Waals surface area contributed by atoms with Gasteiger partial charge in [-0.2, -0.15) is 0 Å². The van der Waals surface area contributed by atoms with Crippen molar-refractivity contribution in [1.82, 2.24) is 5.32 Å². The van der Waals surface area contributed by atoms with E-state index in [1.807, 2.05) is 0 Å². The van der Waals surface area contributed by atoms with Crippen LogP contribution >= 0.6 is 0 Å². The topological polar surface area (TPSA) is 29.1 Å². The monoisotopic (exact) mass is 193 g/mol. The molecule has 0 radical (unpaired) electrons. The van der Waals surface area contributed by atoms with Crippen molar-refractivity contribution in [2.75, 3.05) is 6.54 Å². The van der Waals surface area contributed by atoms with Crippen LogP contribution in [0.15, 0.2) is 0 Å². The summed E-state index contributed by atoms with van der Waals surface area (Å²) in [6.45, 7) is 5.37. The third kappa shape index (κ3) is 3.41. The van der Waals surface area contributed by atoms with Crippen molar-refractivity contribution in [2.24, 2.45) is 11.3 Å². The van der Waals surface area contributed by atoms with E-state index in [4.69, 9.17) is 6.42 Å². The maximum Gasteiger partial charge on any atom is 0.295 e. The molecule has 14 heavy (non-hydrogen) atoms. The summed E-state index contributed by atoms with van der Waals surface area (Å²) >= 11 is 0. The molecule has 0 heterocycles. The normalized spacial score (nSPS) is 21.2. The highest BCUT2D eigenvalue weighted by atomic mass is 16.1. The summed E-state index contributed by atoms with van der Waals surface area (Å²) in [5.74, 6) is 2.41. The van der Waals surface area contributed by atoms with Gasteiger partial charge >= 0.3 is 0 Å². The highest BCUT2D eigenvalue weighted by molar-refractivity contribution is 5.92. The minimum absolute atomic E-state index is 0.283. The third-order valence-electron chi connectivity index (χ3n) is 3.14. The molecule has 0 aromatic heterocycles. The van der Waals surface area contributed by atoms with Crippen LogP contribution in [0.5, 0.6) is 0 Å². The summed E-state index contributed by atoms with van der Waals surface area (Å²) in [4.78, 5) is 10.8. The summed E-state index contributed by atoms with van der Waals surface area (Å²) in [5.41, 5.74) is 0.493. The highest BCUT2D eigenvalue weighted by Gasteiger charge is 2.26. The summed E-state index contributed by atoms with van der Waals surface area (Å²) in [5, 5.41) is 2.75. The molecule has 2 nitrogen and oxygen atoms in total. The van der Waals surface area contributed by atoms with Crippen molar-refractivity contribution in [3.8, 4) is 12.3 Å². The van der Waals surface area contributed by atoms with E-state index >= 15 is 0 Å². The first-order valence-electron chi connectivity index (χ1n) is 5.28. The van der Waals surface area contributed by atoms with E-state index in [2.05, 4.69) is 25.1 Å². The second kappa shape index (κ2) is 4.50. The van der Waals surface area contributed by atoms with Gasteiger partial charge in [0.1, 0.15) is 0 Å². The Labute approximate surface area is 86.5 Å². The van der Waals surface area contributed by atoms with E-state index in [0.717, 1.165) is 6.54 Å². The summed E-state index contributed by atoms with van der Waals surface area (Å²) in [6.07, 6.45) is 9.89. The standard InChI is InChI=1S/C12H19NO/c1-4-11(14)13-9-10-5-7-12(2,3)8-6-10/h1,10H,5-9H2,2-3H3,(H,13,14). The molecule has 0 aliphatic heterocycles. The average molecular weight is 193 g/mol. The van der Waals surface area contributed by atoms with Crippen molar-refractivity contribution in [2.45, 2.75) is 39.5 Å². The molecule has 0 unspecified atom stereocenters. The van der Waals surface area contributed by atoms with Crippen molar-refractivity contribution in [3.63, 3.8) is 0 Å². The lowest BCUT2D eigenvalue weighted by molar-refractivity contribution is -0.115. The first-order valence-corrected chi connectivity index (χ1v) is 5.28. The van der Waals surface area contributed by atoms with Crippen molar-refractivity contribution in [1.29, 1.82) is 0 Å². The van der Waals surface area contributed by atoms with Gasteiger partial charge in [-0.05, 0) is 42.9 Å². The third-order valence-corrected chi connectivity index (χ3v) is 3.14. The van der Waals surface area contributed by atoms with E-state index in [-0.39, 0.29) is 5.91 Å². The molecule has 1 fully saturated rings. The van der Waals surface area contributed by atoms with Crippen molar-refractivity contribution >= 4 is 5.91 Å². The van der Waals surface area contributed by atoms with Crippen LogP contribution in [-0.2, 0) is 4.79 Å². The zero-order valence-corrected chi connectivity index (χ0v) is 9.10. The van der Waals surface area contributed by atoms with Crippen LogP contribution in [0.3, 0.4) is 0 Å². The SMILES string of the molecule is C#CC(=O)NCC1CCC(C)(C)CC1. The fraction of sp³-hybridized carbons (Fsp3) is 0.750. The first kappa shape index (κ1) is 11.1. The molecule has 1 amide bonds. The summed E-state index contributed by atoms with van der Waals surface area (Å²) < 4.78 is 0. The molecule has 1 rings (SSSR count). The van der Waals surface area contributed by atoms with E-state index < -0.39 is 0 Å². The number of nitrogens with one attached hydrogen (secondary N) is 1. The Balaban J connectivity index is 2.23. The number of terminal acetylenes is 1. The Morgan fingerprint density at radius 3 is 2.57 bits per heavy atom. The maximum absolute atomic E-state index is 10.8. The average Bonchev–Trinajstić information content (AvgIpc) is 2.16. The highest BCUT2D eigenvalue weighted by Crippen LogP contribution is 2.37. The number of carbonyl (C=O) groups is 1. The molecule has 0 saturated heterocycles. The van der Waals surface area contributed by atoms with Gasteiger partial charge in [0.15, 0.2) is 0 Å². The van der Waals surface area contributed by atoms with Crippen LogP contribution in [0.1, 0.15) is 39.5 Å². The zero-order chi connectivity index (χ0) is 10.6. The van der Waals surface area contributed by atoms with Crippen LogP contribution < -0.4 is 5.32 Å². The van der Waals surface area contributed by atoms with E-state index in [9.17, 15) is 4.79 Å². The second-order valence-corrected chi connectivity index (χ2v) is 4.96. The van der Waals surface area contributed by atoms with Gasteiger partial charge in [-0.15, -0.1) is 6.42 Å². The van der Waals surface area contributed by atoms with E-state index in [1.54, 1.807) is 0 Å². The predicted octanol–water partition coefficient (Wildman–Crippen LogP) is 1.95. The van der Waals surface area contributed by atoms with E-state index in [1.165, 1.54) is 25.7 Å². The Bertz CT molecular complexity index is 240. The lowest BCUT2D eigenvalue weighted by Crippen LogP contribution is -2.32. The summed E-state index contributed by atoms with van der Waals surface area (Å²) in [6, 6.07) is 0. The Morgan fingerprint density at radius 2 is 2.07 bits per heavy atom. The number of amides is 1. The lowest BCUT2D eigenvalue weighted by Gasteiger charge is -2.34. The van der Waals surface area contributed by atoms with Gasteiger partial charge in [0.05, 0.1) is 0 Å². The van der Waals surface area contributed by atoms with Gasteiger partial charge in [-0.3, -0.25) is 4.79 Å². The largest absolute Gasteiger partial charge is 0.345 e. The second-order valence-electron chi connectivity index (χ2n) is 4.96. The van der Waals surface area contributed by atoms with Gasteiger partial charge in [0.2, 0.25) is 0 Å². The Morgan fingerprint density at radius 1 is 1.50 bits per heavy atom. The van der Waals surface area contributed by atoms with Crippen LogP contribution in [0.2, 0.25) is 0 Å². The van der Waals surface area contributed by atoms with Crippen molar-refractivity contribution < 1.29 is 4.79 Å². The molecule has 1 aliphatic rings. The fourth-order valence-corrected chi connectivity index (χ4v) is 1.95. The van der Waals surface area contributed by atoms with Gasteiger partial charge in [-0.25, -0.2) is 0 Å². The molecule has 1 aliphatic carbocycles. The molecule has 1 saturated carbocycles. The maximum atomic E-state index is 10.8. The van der Waals surface area contributed by atoms with Crippen LogP contribution in [0.4, 0.5) is 0 Å². The van der Waals surface area contributed by atoms with Gasteiger partial charge in [-0.1, -0.05) is 13.8 Å². The molecule has 0 atom stereocenters. The van der Waals surface area contributed by atoms with E-state index in [0.29, 0.717) is 11.3 Å². The van der Waals surface area contributed by atoms with Crippen molar-refractivity contribution in [3.05, 3.63) is 0 Å². The quantitative estimate of drug-likeness (QED) is 0.667. The molecular weight excluding hydrogens is 174 g/mol. The minimum Gasteiger partial charge on any atom is -0.345 e. The molecule has 78 valence electrons. The Hall–Kier alpha value is -0.970. The molecule has 2 heteroatoms. The number of hydrogen-bond donors (Lipinski definition) is 1. The van der Waals surface area contributed by atoms with Gasteiger partial charge < -0.3 is 5.32 Å². The number of carbonyl (C=O) groups excluding carboxylic acids is 1. The van der Waals surface area contributed by atoms with Crippen LogP contribution in [0.25, 0.3) is 0 Å². The van der Waals surface area contributed by atoms with Crippen LogP contribution in [-0.4, -0.2) is 12.5 Å². The van der Waals surface area contributed by atoms with Crippen LogP contribution in [0, 0.1) is 23.7 Å². The lowest BCUT2D eigenvalue weighted by atomic mass is 9.73. The summed E-state index contributed by atoms with van der Waals surface area (Å²) in [7, 11) is 0. The first-order chi connectivity index (χ1) is 6.53. The minimum atomic E-state index is -0.283. The molecule has 0 bridgehead atoms. The zero-order valence-electron chi connectivity index (χ0n) is 9.10. The molecule has 1 N–H and O–H groups in total. The fourth-order valence-electron chi connectivity index (χ4n) is 1.95. The van der Waals surface area contributed by atoms with Gasteiger partial charge in [0.25, 0.3) is 5.91 Å². The number of hydrogen-bond acceptors (Lipinski definition) is 1. The molecular formula is C12H19NO. The Kier molecular flexibility index (Phi) is 3.57. The predicted molar refractivity (Wildman–Crippen MR) is 57.6 cm³/mol. The smallest absolute Gasteiger partial charge is 0.295 e. The molecule has 0 spiro atoms. The van der Waals surface area contributed by atoms with Gasteiger partial charge in [0, 0.05) is 6.54 Å². The molecule has 0 aromatic carbocycles. The number of rotatable bonds is 2.